The highest BCUT2D eigenvalue weighted by atomic mass is 35.5. The fourth-order valence-corrected chi connectivity index (χ4v) is 10.3. The topological polar surface area (TPSA) is 124 Å². The SMILES string of the molecule is CC1(C)[C@H](C(=O)O[C@@H](C(=O)c2cccc(Oc3ccccc3)c2)c2cccc(Oc3ccccc3)c2)[C@@H]1C=C(Cl)Cl.CC1(C)[C@H](C=C(Cl)Cl)[C@@H]1C(=O)O[C@H](C(=O)c1cccc(Oc2ccccc2)c1)c1cccc(Oc2ccccc2)c1. The van der Waals surface area contributed by atoms with Crippen LogP contribution in [0.1, 0.15) is 71.7 Å². The summed E-state index contributed by atoms with van der Waals surface area (Å²) in [6.07, 6.45) is 0.845. The highest BCUT2D eigenvalue weighted by molar-refractivity contribution is 6.56. The first-order valence-corrected chi connectivity index (χ1v) is 27.8. The van der Waals surface area contributed by atoms with Crippen LogP contribution in [0.15, 0.2) is 240 Å². The van der Waals surface area contributed by atoms with E-state index in [1.165, 1.54) is 0 Å². The van der Waals surface area contributed by atoms with E-state index in [0.717, 1.165) is 0 Å². The molecule has 0 spiro atoms. The number of para-hydroxylation sites is 4. The number of allylic oxidation sites excluding steroid dienone is 2. The monoisotopic (exact) mass is 1170 g/mol. The van der Waals surface area contributed by atoms with Crippen molar-refractivity contribution in [3.05, 3.63) is 262 Å². The van der Waals surface area contributed by atoms with Crippen LogP contribution in [0.4, 0.5) is 0 Å². The van der Waals surface area contributed by atoms with Gasteiger partial charge in [-0.05, 0) is 132 Å². The van der Waals surface area contributed by atoms with Gasteiger partial charge in [-0.1, -0.05) is 195 Å². The predicted octanol–water partition coefficient (Wildman–Crippen LogP) is 18.7. The van der Waals surface area contributed by atoms with Crippen molar-refractivity contribution in [3.63, 3.8) is 0 Å². The van der Waals surface area contributed by atoms with Crippen molar-refractivity contribution in [2.75, 3.05) is 0 Å². The first-order valence-electron chi connectivity index (χ1n) is 26.3. The van der Waals surface area contributed by atoms with E-state index in [-0.39, 0.29) is 20.8 Å². The molecule has 14 heteroatoms. The summed E-state index contributed by atoms with van der Waals surface area (Å²) < 4.78 is 36.0. The molecule has 416 valence electrons. The van der Waals surface area contributed by atoms with Gasteiger partial charge in [0.2, 0.25) is 11.6 Å². The number of halogens is 4. The lowest BCUT2D eigenvalue weighted by Gasteiger charge is -2.19. The number of hydrogen-bond donors (Lipinski definition) is 0. The van der Waals surface area contributed by atoms with Crippen molar-refractivity contribution in [2.45, 2.75) is 39.9 Å². The van der Waals surface area contributed by atoms with E-state index in [0.29, 0.717) is 68.2 Å². The van der Waals surface area contributed by atoms with Crippen LogP contribution in [0.3, 0.4) is 0 Å². The summed E-state index contributed by atoms with van der Waals surface area (Å²) >= 11 is 23.6. The Balaban J connectivity index is 0.000000198. The van der Waals surface area contributed by atoms with Gasteiger partial charge in [0, 0.05) is 22.3 Å². The summed E-state index contributed by atoms with van der Waals surface area (Å²) in [5, 5.41) is 0. The third kappa shape index (κ3) is 14.9. The predicted molar refractivity (Wildman–Crippen MR) is 319 cm³/mol. The number of hydrogen-bond acceptors (Lipinski definition) is 10. The normalized spacial score (nSPS) is 17.6. The Morgan fingerprint density at radius 1 is 0.366 bits per heavy atom. The van der Waals surface area contributed by atoms with E-state index >= 15 is 0 Å². The molecule has 0 aliphatic heterocycles. The lowest BCUT2D eigenvalue weighted by atomic mass is 9.99. The molecule has 2 aliphatic carbocycles. The largest absolute Gasteiger partial charge is 0.457 e. The van der Waals surface area contributed by atoms with Gasteiger partial charge in [-0.25, -0.2) is 0 Å². The molecule has 2 saturated carbocycles. The minimum Gasteiger partial charge on any atom is -0.457 e. The molecule has 2 aliphatic rings. The van der Waals surface area contributed by atoms with Gasteiger partial charge in [-0.2, -0.15) is 0 Å². The quantitative estimate of drug-likeness (QED) is 0.0538. The van der Waals surface area contributed by atoms with Crippen LogP contribution in [0.5, 0.6) is 46.0 Å². The average molecular weight is 1170 g/mol. The number of benzene rings is 8. The summed E-state index contributed by atoms with van der Waals surface area (Å²) in [7, 11) is 0. The Morgan fingerprint density at radius 2 is 0.634 bits per heavy atom. The van der Waals surface area contributed by atoms with Crippen molar-refractivity contribution in [1.29, 1.82) is 0 Å². The molecule has 0 bridgehead atoms. The van der Waals surface area contributed by atoms with E-state index in [1.807, 2.05) is 149 Å². The zero-order chi connectivity index (χ0) is 58.0. The van der Waals surface area contributed by atoms with Crippen LogP contribution in [-0.2, 0) is 19.1 Å². The third-order valence-corrected chi connectivity index (χ3v) is 14.9. The van der Waals surface area contributed by atoms with Crippen molar-refractivity contribution in [2.24, 2.45) is 34.5 Å². The Hall–Kier alpha value is -8.12. The van der Waals surface area contributed by atoms with Crippen LogP contribution in [0, 0.1) is 34.5 Å². The van der Waals surface area contributed by atoms with Crippen molar-refractivity contribution in [1.82, 2.24) is 0 Å². The van der Waals surface area contributed by atoms with Crippen LogP contribution >= 0.6 is 46.4 Å². The molecule has 10 rings (SSSR count). The standard InChI is InChI=1S/2C34H28Cl2O5/c2*1-34(2)28(21-29(35)36)30(34)33(38)41-32(23-12-10-18-27(20-23)40-25-15-7-4-8-16-25)31(37)22-11-9-17-26(19-22)39-24-13-5-3-6-14-24/h2*3-21,28,30,32H,1-2H3/t2*28-,30-,32+/m10/s1. The Kier molecular flexibility index (Phi) is 18.7. The molecule has 0 amide bonds. The molecule has 0 unspecified atom stereocenters. The van der Waals surface area contributed by atoms with E-state index < -0.39 is 58.4 Å². The Morgan fingerprint density at radius 3 is 0.927 bits per heavy atom. The van der Waals surface area contributed by atoms with Crippen molar-refractivity contribution in [3.8, 4) is 46.0 Å². The minimum absolute atomic E-state index is 0.0898. The molecule has 0 N–H and O–H groups in total. The summed E-state index contributed by atoms with van der Waals surface area (Å²) in [5.74, 6) is 1.34. The van der Waals surface area contributed by atoms with Crippen molar-refractivity contribution < 1.29 is 47.6 Å². The summed E-state index contributed by atoms with van der Waals surface area (Å²) in [6.45, 7) is 7.75. The van der Waals surface area contributed by atoms with Crippen LogP contribution in [-0.4, -0.2) is 23.5 Å². The smallest absolute Gasteiger partial charge is 0.311 e. The fraction of sp³-hybridized carbons (Fsp3) is 0.176. The first kappa shape index (κ1) is 58.5. The molecule has 0 heterocycles. The number of ether oxygens (including phenoxy) is 6. The van der Waals surface area contributed by atoms with E-state index in [1.54, 1.807) is 109 Å². The maximum Gasteiger partial charge on any atom is 0.311 e. The third-order valence-electron chi connectivity index (χ3n) is 14.4. The molecule has 82 heavy (non-hydrogen) atoms. The lowest BCUT2D eigenvalue weighted by Crippen LogP contribution is -2.22. The Labute approximate surface area is 496 Å². The second-order valence-electron chi connectivity index (χ2n) is 20.8. The Bertz CT molecular complexity index is 3360. The first-order chi connectivity index (χ1) is 39.4. The molecule has 6 atom stereocenters. The highest BCUT2D eigenvalue weighted by Crippen LogP contribution is 2.61. The van der Waals surface area contributed by atoms with Gasteiger partial charge >= 0.3 is 11.9 Å². The maximum absolute atomic E-state index is 14.0. The molecule has 0 radical (unpaired) electrons. The van der Waals surface area contributed by atoms with Crippen molar-refractivity contribution >= 4 is 69.9 Å². The van der Waals surface area contributed by atoms with Gasteiger partial charge in [0.1, 0.15) is 55.0 Å². The van der Waals surface area contributed by atoms with E-state index in [9.17, 15) is 19.2 Å². The minimum atomic E-state index is -1.22. The summed E-state index contributed by atoms with van der Waals surface area (Å²) in [5.41, 5.74) is 0.795. The van der Waals surface area contributed by atoms with Gasteiger partial charge < -0.3 is 28.4 Å². The van der Waals surface area contributed by atoms with E-state index in [2.05, 4.69) is 0 Å². The molecule has 8 aromatic carbocycles. The molecule has 0 saturated heterocycles. The summed E-state index contributed by atoms with van der Waals surface area (Å²) in [4.78, 5) is 54.9. The maximum atomic E-state index is 14.0. The lowest BCUT2D eigenvalue weighted by molar-refractivity contribution is -0.150. The second kappa shape index (κ2) is 26.2. The number of Topliss-reactive ketones (excluding diaryl/α,β-unsaturated/α-hetero) is 2. The van der Waals surface area contributed by atoms with Crippen LogP contribution in [0.2, 0.25) is 0 Å². The zero-order valence-corrected chi connectivity index (χ0v) is 48.0. The number of carbonyl (C=O) groups excluding carboxylic acids is 4. The molecule has 2 fully saturated rings. The van der Waals surface area contributed by atoms with Gasteiger partial charge in [-0.3, -0.25) is 19.2 Å². The summed E-state index contributed by atoms with van der Waals surface area (Å²) in [6, 6.07) is 64.7. The number of esters is 2. The number of ketones is 2. The molecular weight excluding hydrogens is 1120 g/mol. The highest BCUT2D eigenvalue weighted by Gasteiger charge is 2.63. The number of rotatable bonds is 20. The second-order valence-corrected chi connectivity index (χ2v) is 22.8. The molecule has 10 nitrogen and oxygen atoms in total. The molecule has 0 aromatic heterocycles. The van der Waals surface area contributed by atoms with Crippen LogP contribution < -0.4 is 18.9 Å². The zero-order valence-electron chi connectivity index (χ0n) is 45.0. The van der Waals surface area contributed by atoms with Gasteiger partial charge in [0.15, 0.2) is 12.2 Å². The van der Waals surface area contributed by atoms with E-state index in [4.69, 9.17) is 74.8 Å². The van der Waals surface area contributed by atoms with Gasteiger partial charge in [0.05, 0.1) is 11.8 Å². The fourth-order valence-electron chi connectivity index (χ4n) is 9.78. The van der Waals surface area contributed by atoms with Gasteiger partial charge in [-0.15, -0.1) is 0 Å². The van der Waals surface area contributed by atoms with Gasteiger partial charge in [0.25, 0.3) is 0 Å². The molecule has 8 aromatic rings. The number of carbonyl (C=O) groups is 4. The van der Waals surface area contributed by atoms with Crippen LogP contribution in [0.25, 0.3) is 0 Å². The molecular formula is C68H56Cl4O10. The average Bonchev–Trinajstić information content (AvgIpc) is 4.42.